The molecule has 0 amide bonds. The number of aromatic nitrogens is 6. The molecular formula is C48H30N6O. The van der Waals surface area contributed by atoms with Crippen molar-refractivity contribution in [3.05, 3.63) is 184 Å². The van der Waals surface area contributed by atoms with E-state index >= 15 is 0 Å². The second-order valence-corrected chi connectivity index (χ2v) is 13.4. The number of rotatable bonds is 7. The average Bonchev–Trinajstić information content (AvgIpc) is 3.65. The van der Waals surface area contributed by atoms with Crippen molar-refractivity contribution in [2.75, 3.05) is 0 Å². The van der Waals surface area contributed by atoms with Crippen LogP contribution in [0.3, 0.4) is 0 Å². The fourth-order valence-corrected chi connectivity index (χ4v) is 7.20. The zero-order chi connectivity index (χ0) is 36.6. The van der Waals surface area contributed by atoms with E-state index in [-0.39, 0.29) is 0 Å². The van der Waals surface area contributed by atoms with E-state index in [0.29, 0.717) is 0 Å². The van der Waals surface area contributed by atoms with Gasteiger partial charge in [0.05, 0.1) is 0 Å². The summed E-state index contributed by atoms with van der Waals surface area (Å²) < 4.78 is 6.19. The normalized spacial score (nSPS) is 11.3. The molecule has 0 radical (unpaired) electrons. The molecule has 5 aromatic carbocycles. The summed E-state index contributed by atoms with van der Waals surface area (Å²) >= 11 is 0. The maximum absolute atomic E-state index is 6.19. The van der Waals surface area contributed by atoms with Crippen molar-refractivity contribution in [2.45, 2.75) is 0 Å². The molecule has 0 N–H and O–H groups in total. The van der Waals surface area contributed by atoms with Crippen molar-refractivity contribution >= 4 is 21.9 Å². The van der Waals surface area contributed by atoms with Crippen LogP contribution in [0.4, 0.5) is 0 Å². The predicted molar refractivity (Wildman–Crippen MR) is 219 cm³/mol. The highest BCUT2D eigenvalue weighted by molar-refractivity contribution is 6.06. The van der Waals surface area contributed by atoms with Crippen LogP contribution in [0, 0.1) is 0 Å². The summed E-state index contributed by atoms with van der Waals surface area (Å²) in [7, 11) is 0. The monoisotopic (exact) mass is 706 g/mol. The van der Waals surface area contributed by atoms with Crippen molar-refractivity contribution in [1.82, 2.24) is 29.9 Å². The van der Waals surface area contributed by atoms with Gasteiger partial charge in [-0.25, -0.2) is 19.9 Å². The number of hydrogen-bond donors (Lipinski definition) is 0. The molecule has 0 saturated carbocycles. The summed E-state index contributed by atoms with van der Waals surface area (Å²) in [6.07, 6.45) is 17.8. The van der Waals surface area contributed by atoms with E-state index < -0.39 is 0 Å². The van der Waals surface area contributed by atoms with E-state index in [0.717, 1.165) is 99.8 Å². The molecule has 10 aromatic rings. The van der Waals surface area contributed by atoms with Gasteiger partial charge in [-0.15, -0.1) is 0 Å². The standard InChI is InChI=1S/C48H30N6O/c1-2-10-47-45(9-1)46-20-35(11-12-48(46)55-47)38-16-36(31-5-3-7-33(13-31)39-18-41(23-49-21-39)43-25-51-29-52-26-43)15-37(17-38)32-6-4-8-34(14-32)40-19-42(24-50-22-40)44-27-53-30-54-28-44/h1-30H. The lowest BCUT2D eigenvalue weighted by Gasteiger charge is -2.14. The fourth-order valence-electron chi connectivity index (χ4n) is 7.20. The van der Waals surface area contributed by atoms with Gasteiger partial charge in [-0.2, -0.15) is 0 Å². The SMILES string of the molecule is c1cc(-c2cncc(-c3cncnc3)c2)cc(-c2cc(-c3cccc(-c4cncc(-c5cncnc5)c4)c3)cc(-c3ccc4oc5ccccc5c4c3)c2)c1. The molecule has 0 atom stereocenters. The second-order valence-electron chi connectivity index (χ2n) is 13.4. The molecule has 5 heterocycles. The maximum atomic E-state index is 6.19. The third kappa shape index (κ3) is 6.30. The van der Waals surface area contributed by atoms with Crippen LogP contribution in [0.25, 0.3) is 99.8 Å². The summed E-state index contributed by atoms with van der Waals surface area (Å²) in [5.41, 5.74) is 16.3. The van der Waals surface area contributed by atoms with Gasteiger partial charge in [-0.05, 0) is 105 Å². The molecule has 5 aromatic heterocycles. The molecule has 258 valence electrons. The van der Waals surface area contributed by atoms with Crippen molar-refractivity contribution in [3.63, 3.8) is 0 Å². The Labute approximate surface area is 316 Å². The Bertz CT molecular complexity index is 2850. The van der Waals surface area contributed by atoms with Crippen LogP contribution >= 0.6 is 0 Å². The Morgan fingerprint density at radius 3 is 1.16 bits per heavy atom. The number of fused-ring (bicyclic) bond motifs is 3. The third-order valence-electron chi connectivity index (χ3n) is 9.97. The molecule has 0 spiro atoms. The van der Waals surface area contributed by atoms with Crippen molar-refractivity contribution in [2.24, 2.45) is 0 Å². The molecule has 7 heteroatoms. The van der Waals surface area contributed by atoms with Crippen LogP contribution in [0.5, 0.6) is 0 Å². The fraction of sp³-hybridized carbons (Fsp3) is 0. The van der Waals surface area contributed by atoms with Gasteiger partial charge in [0.25, 0.3) is 0 Å². The van der Waals surface area contributed by atoms with Crippen molar-refractivity contribution in [1.29, 1.82) is 0 Å². The van der Waals surface area contributed by atoms with E-state index in [1.807, 2.05) is 36.9 Å². The van der Waals surface area contributed by atoms with Crippen LogP contribution < -0.4 is 0 Å². The minimum Gasteiger partial charge on any atom is -0.456 e. The summed E-state index contributed by atoms with van der Waals surface area (Å²) in [5, 5.41) is 2.20. The van der Waals surface area contributed by atoms with E-state index in [9.17, 15) is 0 Å². The Morgan fingerprint density at radius 1 is 0.255 bits per heavy atom. The first kappa shape index (κ1) is 32.0. The molecule has 0 aliphatic carbocycles. The first-order chi connectivity index (χ1) is 27.2. The van der Waals surface area contributed by atoms with Gasteiger partial charge in [0.2, 0.25) is 0 Å². The van der Waals surface area contributed by atoms with Gasteiger partial charge in [0, 0.05) is 93.7 Å². The van der Waals surface area contributed by atoms with Gasteiger partial charge in [0.1, 0.15) is 23.8 Å². The van der Waals surface area contributed by atoms with Crippen LogP contribution in [-0.4, -0.2) is 29.9 Å². The summed E-state index contributed by atoms with van der Waals surface area (Å²) in [4.78, 5) is 25.9. The topological polar surface area (TPSA) is 90.5 Å². The lowest BCUT2D eigenvalue weighted by molar-refractivity contribution is 0.669. The van der Waals surface area contributed by atoms with E-state index in [4.69, 9.17) is 4.42 Å². The number of para-hydroxylation sites is 1. The van der Waals surface area contributed by atoms with Crippen LogP contribution in [-0.2, 0) is 0 Å². The summed E-state index contributed by atoms with van der Waals surface area (Å²) in [5.74, 6) is 0. The largest absolute Gasteiger partial charge is 0.456 e. The highest BCUT2D eigenvalue weighted by Gasteiger charge is 2.13. The van der Waals surface area contributed by atoms with E-state index in [1.54, 1.807) is 24.8 Å². The molecule has 0 fully saturated rings. The molecule has 0 saturated heterocycles. The minimum atomic E-state index is 0.873. The Kier molecular flexibility index (Phi) is 8.00. The number of hydrogen-bond acceptors (Lipinski definition) is 7. The lowest BCUT2D eigenvalue weighted by Crippen LogP contribution is -1.89. The number of furan rings is 1. The van der Waals surface area contributed by atoms with Gasteiger partial charge in [-0.3, -0.25) is 9.97 Å². The summed E-state index contributed by atoms with van der Waals surface area (Å²) in [6.45, 7) is 0. The van der Waals surface area contributed by atoms with E-state index in [2.05, 4.69) is 139 Å². The van der Waals surface area contributed by atoms with Crippen LogP contribution in [0.15, 0.2) is 188 Å². The number of nitrogens with zero attached hydrogens (tertiary/aromatic N) is 6. The zero-order valence-electron chi connectivity index (χ0n) is 29.4. The highest BCUT2D eigenvalue weighted by Crippen LogP contribution is 2.38. The minimum absolute atomic E-state index is 0.873. The Balaban J connectivity index is 1.10. The first-order valence-electron chi connectivity index (χ1n) is 17.9. The predicted octanol–water partition coefficient (Wildman–Crippen LogP) is 11.6. The number of benzene rings is 5. The van der Waals surface area contributed by atoms with Gasteiger partial charge < -0.3 is 4.42 Å². The molecule has 0 unspecified atom stereocenters. The Morgan fingerprint density at radius 2 is 0.636 bits per heavy atom. The molecule has 0 aliphatic heterocycles. The number of pyridine rings is 2. The highest BCUT2D eigenvalue weighted by atomic mass is 16.3. The molecule has 55 heavy (non-hydrogen) atoms. The molecule has 0 aliphatic rings. The van der Waals surface area contributed by atoms with Crippen molar-refractivity contribution < 1.29 is 4.42 Å². The van der Waals surface area contributed by atoms with Gasteiger partial charge in [0.15, 0.2) is 0 Å². The maximum Gasteiger partial charge on any atom is 0.135 e. The van der Waals surface area contributed by atoms with Crippen molar-refractivity contribution in [3.8, 4) is 77.9 Å². The molecule has 7 nitrogen and oxygen atoms in total. The second kappa shape index (κ2) is 13.7. The quantitative estimate of drug-likeness (QED) is 0.163. The third-order valence-corrected chi connectivity index (χ3v) is 9.97. The smallest absolute Gasteiger partial charge is 0.135 e. The summed E-state index contributed by atoms with van der Waals surface area (Å²) in [6, 6.07) is 43.1. The zero-order valence-corrected chi connectivity index (χ0v) is 29.4. The van der Waals surface area contributed by atoms with Gasteiger partial charge >= 0.3 is 0 Å². The lowest BCUT2D eigenvalue weighted by atomic mass is 9.91. The van der Waals surface area contributed by atoms with Crippen LogP contribution in [0.2, 0.25) is 0 Å². The van der Waals surface area contributed by atoms with Gasteiger partial charge in [-0.1, -0.05) is 60.7 Å². The average molecular weight is 707 g/mol. The molecule has 10 rings (SSSR count). The van der Waals surface area contributed by atoms with Crippen LogP contribution in [0.1, 0.15) is 0 Å². The first-order valence-corrected chi connectivity index (χ1v) is 17.9. The van der Waals surface area contributed by atoms with E-state index in [1.165, 1.54) is 12.7 Å². The molecule has 0 bridgehead atoms. The molecular weight excluding hydrogens is 677 g/mol. The Hall–Kier alpha value is -7.64.